The van der Waals surface area contributed by atoms with E-state index in [1.54, 1.807) is 0 Å². The van der Waals surface area contributed by atoms with E-state index in [-0.39, 0.29) is 23.2 Å². The number of carbonyl (C=O) groups is 2. The number of aromatic nitrogens is 2. The smallest absolute Gasteiger partial charge is 0.273 e. The van der Waals surface area contributed by atoms with Crippen LogP contribution in [0.25, 0.3) is 0 Å². The minimum Gasteiger partial charge on any atom is -0.368 e. The molecule has 2 amide bonds. The van der Waals surface area contributed by atoms with Gasteiger partial charge in [-0.05, 0) is 36.8 Å². The van der Waals surface area contributed by atoms with Crippen molar-refractivity contribution in [3.8, 4) is 0 Å². The zero-order chi connectivity index (χ0) is 20.4. The van der Waals surface area contributed by atoms with Gasteiger partial charge in [-0.1, -0.05) is 41.9 Å². The van der Waals surface area contributed by atoms with Gasteiger partial charge in [0.25, 0.3) is 5.91 Å². The van der Waals surface area contributed by atoms with Gasteiger partial charge in [-0.2, -0.15) is 5.10 Å². The van der Waals surface area contributed by atoms with Crippen molar-refractivity contribution in [1.82, 2.24) is 19.6 Å². The van der Waals surface area contributed by atoms with Crippen LogP contribution in [0.4, 0.5) is 0 Å². The Morgan fingerprint density at radius 2 is 1.83 bits per heavy atom. The maximum Gasteiger partial charge on any atom is 0.273 e. The molecule has 2 saturated heterocycles. The van der Waals surface area contributed by atoms with Crippen LogP contribution in [0.3, 0.4) is 0 Å². The van der Waals surface area contributed by atoms with Crippen molar-refractivity contribution < 1.29 is 9.59 Å². The highest BCUT2D eigenvalue weighted by atomic mass is 35.5. The van der Waals surface area contributed by atoms with Gasteiger partial charge in [-0.25, -0.2) is 4.68 Å². The number of amides is 2. The van der Waals surface area contributed by atoms with E-state index in [0.29, 0.717) is 24.9 Å². The van der Waals surface area contributed by atoms with E-state index in [9.17, 15) is 9.59 Å². The lowest BCUT2D eigenvalue weighted by molar-refractivity contribution is -0.118. The number of halogens is 1. The number of rotatable bonds is 7. The topological polar surface area (TPSA) is 84.5 Å². The third kappa shape index (κ3) is 4.46. The van der Waals surface area contributed by atoms with Crippen LogP contribution in [0.5, 0.6) is 0 Å². The van der Waals surface area contributed by atoms with Crippen LogP contribution < -0.4 is 5.73 Å². The fourth-order valence-corrected chi connectivity index (χ4v) is 4.66. The van der Waals surface area contributed by atoms with E-state index in [1.807, 2.05) is 11.0 Å². The summed E-state index contributed by atoms with van der Waals surface area (Å²) in [7, 11) is 0. The molecule has 2 aliphatic heterocycles. The number of carbonyl (C=O) groups excluding carboxylic acids is 2. The largest absolute Gasteiger partial charge is 0.368 e. The van der Waals surface area contributed by atoms with Crippen molar-refractivity contribution in [2.45, 2.75) is 13.0 Å². The number of hydrogen-bond donors (Lipinski definition) is 1. The van der Waals surface area contributed by atoms with Gasteiger partial charge in [0.2, 0.25) is 5.91 Å². The number of fused-ring (bicyclic) bond motifs is 1. The number of benzene rings is 1. The number of primary amides is 1. The van der Waals surface area contributed by atoms with E-state index in [2.05, 4.69) is 40.7 Å². The van der Waals surface area contributed by atoms with Gasteiger partial charge >= 0.3 is 0 Å². The highest BCUT2D eigenvalue weighted by Crippen LogP contribution is 2.32. The summed E-state index contributed by atoms with van der Waals surface area (Å²) in [5.74, 6) is 0.219. The molecule has 0 saturated carbocycles. The van der Waals surface area contributed by atoms with E-state index in [4.69, 9.17) is 17.3 Å². The quantitative estimate of drug-likeness (QED) is 0.746. The molecule has 2 atom stereocenters. The van der Waals surface area contributed by atoms with Crippen LogP contribution in [0.15, 0.2) is 36.5 Å². The SMILES string of the molecule is NC(=O)Cn1ncc(Cl)c1C(=O)N1CC2CN(CC[CH]c3ccccc3)C[C@H]2C1. The van der Waals surface area contributed by atoms with Crippen LogP contribution in [-0.2, 0) is 11.3 Å². The second-order valence-electron chi connectivity index (χ2n) is 7.86. The summed E-state index contributed by atoms with van der Waals surface area (Å²) < 4.78 is 1.30. The molecule has 1 unspecified atom stereocenters. The Labute approximate surface area is 175 Å². The maximum atomic E-state index is 13.0. The minimum absolute atomic E-state index is 0.153. The van der Waals surface area contributed by atoms with Crippen molar-refractivity contribution >= 4 is 23.4 Å². The van der Waals surface area contributed by atoms with Gasteiger partial charge in [0, 0.05) is 26.2 Å². The van der Waals surface area contributed by atoms with E-state index in [1.165, 1.54) is 16.4 Å². The second kappa shape index (κ2) is 8.55. The minimum atomic E-state index is -0.556. The molecule has 8 heteroatoms. The third-order valence-corrected chi connectivity index (χ3v) is 6.05. The molecule has 2 fully saturated rings. The Morgan fingerprint density at radius 3 is 2.48 bits per heavy atom. The summed E-state index contributed by atoms with van der Waals surface area (Å²) in [6.07, 6.45) is 4.68. The number of nitrogens with zero attached hydrogens (tertiary/aromatic N) is 4. The average molecular weight is 415 g/mol. The van der Waals surface area contributed by atoms with Crippen LogP contribution in [0.1, 0.15) is 22.5 Å². The Kier molecular flexibility index (Phi) is 5.87. The lowest BCUT2D eigenvalue weighted by Crippen LogP contribution is -2.35. The highest BCUT2D eigenvalue weighted by molar-refractivity contribution is 6.33. The average Bonchev–Trinajstić information content (AvgIpc) is 3.35. The number of nitrogens with two attached hydrogens (primary N) is 1. The summed E-state index contributed by atoms with van der Waals surface area (Å²) in [6, 6.07) is 10.4. The number of likely N-dealkylation sites (tertiary alicyclic amines) is 2. The fourth-order valence-electron chi connectivity index (χ4n) is 4.43. The Hall–Kier alpha value is -2.38. The summed E-state index contributed by atoms with van der Waals surface area (Å²) in [5, 5.41) is 4.27. The molecule has 2 N–H and O–H groups in total. The van der Waals surface area contributed by atoms with Gasteiger partial charge in [0.05, 0.1) is 11.2 Å². The molecule has 0 aliphatic carbocycles. The van der Waals surface area contributed by atoms with Crippen molar-refractivity contribution in [2.75, 3.05) is 32.7 Å². The molecule has 1 aromatic carbocycles. The van der Waals surface area contributed by atoms with Gasteiger partial charge in [-0.15, -0.1) is 0 Å². The Morgan fingerprint density at radius 1 is 1.14 bits per heavy atom. The van der Waals surface area contributed by atoms with Gasteiger partial charge in [0.15, 0.2) is 0 Å². The molecule has 2 aliphatic rings. The third-order valence-electron chi connectivity index (χ3n) is 5.78. The first kappa shape index (κ1) is 19.9. The van der Waals surface area contributed by atoms with Gasteiger partial charge in [-0.3, -0.25) is 9.59 Å². The van der Waals surface area contributed by atoms with Crippen molar-refractivity contribution in [3.05, 3.63) is 59.2 Å². The molecule has 2 aromatic rings. The molecule has 7 nitrogen and oxygen atoms in total. The lowest BCUT2D eigenvalue weighted by atomic mass is 10.0. The summed E-state index contributed by atoms with van der Waals surface area (Å²) in [5.41, 5.74) is 6.75. The zero-order valence-electron chi connectivity index (χ0n) is 16.2. The van der Waals surface area contributed by atoms with Crippen LogP contribution in [0.2, 0.25) is 5.02 Å². The molecule has 29 heavy (non-hydrogen) atoms. The fraction of sp³-hybridized carbons (Fsp3) is 0.429. The van der Waals surface area contributed by atoms with Gasteiger partial charge in [0.1, 0.15) is 12.2 Å². The zero-order valence-corrected chi connectivity index (χ0v) is 17.0. The first-order valence-electron chi connectivity index (χ1n) is 9.90. The highest BCUT2D eigenvalue weighted by Gasteiger charge is 2.42. The van der Waals surface area contributed by atoms with Crippen LogP contribution in [-0.4, -0.2) is 64.1 Å². The van der Waals surface area contributed by atoms with Crippen LogP contribution in [0, 0.1) is 18.3 Å². The van der Waals surface area contributed by atoms with E-state index < -0.39 is 5.91 Å². The first-order chi connectivity index (χ1) is 14.0. The molecular weight excluding hydrogens is 390 g/mol. The molecule has 3 heterocycles. The van der Waals surface area contributed by atoms with Crippen molar-refractivity contribution in [3.63, 3.8) is 0 Å². The molecule has 0 spiro atoms. The van der Waals surface area contributed by atoms with Crippen molar-refractivity contribution in [2.24, 2.45) is 17.6 Å². The molecular formula is C21H25ClN5O2. The Balaban J connectivity index is 1.29. The normalized spacial score (nSPS) is 21.5. The van der Waals surface area contributed by atoms with E-state index in [0.717, 1.165) is 26.1 Å². The second-order valence-corrected chi connectivity index (χ2v) is 8.27. The maximum absolute atomic E-state index is 13.0. The molecule has 1 aromatic heterocycles. The summed E-state index contributed by atoms with van der Waals surface area (Å²) in [4.78, 5) is 28.5. The number of hydrogen-bond acceptors (Lipinski definition) is 4. The molecule has 0 bridgehead atoms. The van der Waals surface area contributed by atoms with Gasteiger partial charge < -0.3 is 15.5 Å². The monoisotopic (exact) mass is 414 g/mol. The summed E-state index contributed by atoms with van der Waals surface area (Å²) in [6.45, 7) is 4.31. The van der Waals surface area contributed by atoms with Crippen LogP contribution >= 0.6 is 11.6 Å². The Bertz CT molecular complexity index is 870. The molecule has 153 valence electrons. The summed E-state index contributed by atoms with van der Waals surface area (Å²) >= 11 is 6.16. The van der Waals surface area contributed by atoms with Crippen molar-refractivity contribution in [1.29, 1.82) is 0 Å². The predicted molar refractivity (Wildman–Crippen MR) is 110 cm³/mol. The molecule has 4 rings (SSSR count). The first-order valence-corrected chi connectivity index (χ1v) is 10.3. The van der Waals surface area contributed by atoms with E-state index >= 15 is 0 Å². The standard InChI is InChI=1S/C21H25ClN5O2/c22-18-9-24-27(14-19(23)28)20(18)21(29)26-12-16-10-25(11-17(16)13-26)8-4-7-15-5-2-1-3-6-15/h1-3,5-7,9,16-17H,4,8,10-14H2,(H2,23,28)/t16-,17?/m0/s1. The lowest BCUT2D eigenvalue weighted by Gasteiger charge is -2.22. The molecule has 1 radical (unpaired) electrons. The predicted octanol–water partition coefficient (Wildman–Crippen LogP) is 1.67.